The minimum absolute atomic E-state index is 0.0172. The molecular formula is C19H27N3O3. The number of anilines is 1. The number of hydrogen-bond donors (Lipinski definition) is 1. The molecule has 0 spiro atoms. The molecule has 3 amide bonds. The Morgan fingerprint density at radius 2 is 1.92 bits per heavy atom. The van der Waals surface area contributed by atoms with Gasteiger partial charge in [-0.1, -0.05) is 19.1 Å². The summed E-state index contributed by atoms with van der Waals surface area (Å²) in [5.74, 6) is 0.896. The topological polar surface area (TPSA) is 61.9 Å². The molecule has 1 fully saturated rings. The summed E-state index contributed by atoms with van der Waals surface area (Å²) in [6, 6.07) is 7.72. The van der Waals surface area contributed by atoms with Gasteiger partial charge >= 0.3 is 6.03 Å². The molecule has 0 bridgehead atoms. The minimum atomic E-state index is 0.0172. The van der Waals surface area contributed by atoms with Crippen LogP contribution in [-0.2, 0) is 4.79 Å². The number of para-hydroxylation sites is 2. The zero-order valence-electron chi connectivity index (χ0n) is 15.0. The van der Waals surface area contributed by atoms with Crippen LogP contribution in [0.3, 0.4) is 0 Å². The molecule has 2 heterocycles. The smallest absolute Gasteiger partial charge is 0.324 e. The molecule has 1 atom stereocenters. The van der Waals surface area contributed by atoms with E-state index >= 15 is 0 Å². The summed E-state index contributed by atoms with van der Waals surface area (Å²) in [4.78, 5) is 28.8. The average molecular weight is 345 g/mol. The van der Waals surface area contributed by atoms with Crippen LogP contribution in [0.2, 0.25) is 0 Å². The van der Waals surface area contributed by atoms with Crippen molar-refractivity contribution in [3.8, 4) is 5.75 Å². The van der Waals surface area contributed by atoms with Crippen LogP contribution in [0, 0.1) is 5.92 Å². The number of fused-ring (bicyclic) bond motifs is 1. The van der Waals surface area contributed by atoms with Gasteiger partial charge in [0.05, 0.1) is 12.2 Å². The number of nitrogens with zero attached hydrogens (tertiary/aromatic N) is 2. The highest BCUT2D eigenvalue weighted by atomic mass is 16.5. The summed E-state index contributed by atoms with van der Waals surface area (Å²) in [6.45, 7) is 6.47. The van der Waals surface area contributed by atoms with Gasteiger partial charge in [-0.05, 0) is 38.3 Å². The lowest BCUT2D eigenvalue weighted by Gasteiger charge is -2.39. The fourth-order valence-corrected chi connectivity index (χ4v) is 3.51. The lowest BCUT2D eigenvalue weighted by molar-refractivity contribution is -0.126. The Kier molecular flexibility index (Phi) is 5.46. The van der Waals surface area contributed by atoms with Crippen LogP contribution in [0.15, 0.2) is 24.3 Å². The van der Waals surface area contributed by atoms with Gasteiger partial charge in [0.2, 0.25) is 5.91 Å². The molecule has 136 valence electrons. The SMILES string of the molecule is CCNC(=O)C1CCN(C(=O)N2C[C@@H](CC)Oc3ccccc32)CC1. The standard InChI is InChI=1S/C19H27N3O3/c1-3-15-13-22(16-7-5-6-8-17(16)25-15)19(24)21-11-9-14(10-12-21)18(23)20-4-2/h5-8,14-15H,3-4,9-13H2,1-2H3,(H,20,23)/t15-/m1/s1. The molecule has 0 unspecified atom stereocenters. The van der Waals surface area contributed by atoms with E-state index in [1.54, 1.807) is 0 Å². The van der Waals surface area contributed by atoms with Crippen LogP contribution in [0.1, 0.15) is 33.1 Å². The molecule has 25 heavy (non-hydrogen) atoms. The molecule has 0 saturated carbocycles. The number of carbonyl (C=O) groups excluding carboxylic acids is 2. The van der Waals surface area contributed by atoms with Crippen LogP contribution in [0.25, 0.3) is 0 Å². The summed E-state index contributed by atoms with van der Waals surface area (Å²) in [5, 5.41) is 2.88. The van der Waals surface area contributed by atoms with Crippen molar-refractivity contribution in [2.75, 3.05) is 31.1 Å². The second kappa shape index (κ2) is 7.76. The molecule has 6 heteroatoms. The van der Waals surface area contributed by atoms with Gasteiger partial charge in [0.1, 0.15) is 11.9 Å². The van der Waals surface area contributed by atoms with Gasteiger partial charge in [-0.2, -0.15) is 0 Å². The zero-order chi connectivity index (χ0) is 17.8. The zero-order valence-corrected chi connectivity index (χ0v) is 15.0. The number of rotatable bonds is 3. The Morgan fingerprint density at radius 3 is 2.60 bits per heavy atom. The van der Waals surface area contributed by atoms with E-state index in [2.05, 4.69) is 12.2 Å². The van der Waals surface area contributed by atoms with Crippen LogP contribution < -0.4 is 15.0 Å². The van der Waals surface area contributed by atoms with Gasteiger partial charge in [-0.3, -0.25) is 9.69 Å². The third kappa shape index (κ3) is 3.72. The number of benzene rings is 1. The predicted molar refractivity (Wildman–Crippen MR) is 96.9 cm³/mol. The minimum Gasteiger partial charge on any atom is -0.486 e. The number of hydrogen-bond acceptors (Lipinski definition) is 3. The summed E-state index contributed by atoms with van der Waals surface area (Å²) < 4.78 is 5.96. The van der Waals surface area contributed by atoms with Crippen molar-refractivity contribution < 1.29 is 14.3 Å². The quantitative estimate of drug-likeness (QED) is 0.916. The Morgan fingerprint density at radius 1 is 1.20 bits per heavy atom. The normalized spacial score (nSPS) is 20.6. The molecule has 2 aliphatic rings. The van der Waals surface area contributed by atoms with E-state index in [0.29, 0.717) is 26.2 Å². The number of carbonyl (C=O) groups is 2. The predicted octanol–water partition coefficient (Wildman–Crippen LogP) is 2.63. The molecule has 1 aromatic carbocycles. The van der Waals surface area contributed by atoms with Crippen molar-refractivity contribution in [3.63, 3.8) is 0 Å². The fourth-order valence-electron chi connectivity index (χ4n) is 3.51. The van der Waals surface area contributed by atoms with Crippen molar-refractivity contribution >= 4 is 17.6 Å². The maximum absolute atomic E-state index is 13.1. The highest BCUT2D eigenvalue weighted by molar-refractivity contribution is 5.94. The summed E-state index contributed by atoms with van der Waals surface area (Å²) >= 11 is 0. The largest absolute Gasteiger partial charge is 0.486 e. The fraction of sp³-hybridized carbons (Fsp3) is 0.579. The first-order chi connectivity index (χ1) is 12.1. The number of piperidine rings is 1. The third-order valence-corrected chi connectivity index (χ3v) is 5.01. The van der Waals surface area contributed by atoms with Crippen molar-refractivity contribution in [2.24, 2.45) is 5.92 Å². The Bertz CT molecular complexity index is 626. The van der Waals surface area contributed by atoms with Gasteiger partial charge in [0.15, 0.2) is 0 Å². The van der Waals surface area contributed by atoms with Crippen LogP contribution >= 0.6 is 0 Å². The number of urea groups is 1. The second-order valence-corrected chi connectivity index (χ2v) is 6.66. The second-order valence-electron chi connectivity index (χ2n) is 6.66. The third-order valence-electron chi connectivity index (χ3n) is 5.01. The van der Waals surface area contributed by atoms with Gasteiger partial charge in [0.25, 0.3) is 0 Å². The molecule has 1 N–H and O–H groups in total. The Balaban J connectivity index is 1.68. The number of nitrogens with one attached hydrogen (secondary N) is 1. The first-order valence-corrected chi connectivity index (χ1v) is 9.23. The summed E-state index contributed by atoms with van der Waals surface area (Å²) in [5.41, 5.74) is 0.836. The van der Waals surface area contributed by atoms with E-state index in [9.17, 15) is 9.59 Å². The van der Waals surface area contributed by atoms with E-state index < -0.39 is 0 Å². The van der Waals surface area contributed by atoms with Gasteiger partial charge in [0, 0.05) is 25.6 Å². The monoisotopic (exact) mass is 345 g/mol. The Labute approximate surface area is 149 Å². The van der Waals surface area contributed by atoms with Gasteiger partial charge < -0.3 is 15.0 Å². The molecule has 0 aliphatic carbocycles. The Hall–Kier alpha value is -2.24. The van der Waals surface area contributed by atoms with Gasteiger partial charge in [-0.15, -0.1) is 0 Å². The first-order valence-electron chi connectivity index (χ1n) is 9.23. The van der Waals surface area contributed by atoms with Crippen LogP contribution in [0.5, 0.6) is 5.75 Å². The molecule has 3 rings (SSSR count). The van der Waals surface area contributed by atoms with Crippen molar-refractivity contribution in [1.29, 1.82) is 0 Å². The maximum Gasteiger partial charge on any atom is 0.324 e. The molecule has 6 nitrogen and oxygen atoms in total. The van der Waals surface area contributed by atoms with Crippen molar-refractivity contribution in [2.45, 2.75) is 39.2 Å². The highest BCUT2D eigenvalue weighted by Crippen LogP contribution is 2.34. The van der Waals surface area contributed by atoms with E-state index in [1.807, 2.05) is 41.0 Å². The lowest BCUT2D eigenvalue weighted by atomic mass is 9.96. The number of likely N-dealkylation sites (tertiary alicyclic amines) is 1. The number of amides is 3. The number of ether oxygens (including phenoxy) is 1. The van der Waals surface area contributed by atoms with E-state index in [0.717, 1.165) is 30.7 Å². The van der Waals surface area contributed by atoms with Crippen molar-refractivity contribution in [1.82, 2.24) is 10.2 Å². The molecule has 0 radical (unpaired) electrons. The van der Waals surface area contributed by atoms with E-state index in [1.165, 1.54) is 0 Å². The summed E-state index contributed by atoms with van der Waals surface area (Å²) in [7, 11) is 0. The molecule has 1 aromatic rings. The molecule has 1 saturated heterocycles. The van der Waals surface area contributed by atoms with E-state index in [4.69, 9.17) is 4.74 Å². The summed E-state index contributed by atoms with van der Waals surface area (Å²) in [6.07, 6.45) is 2.32. The van der Waals surface area contributed by atoms with Gasteiger partial charge in [-0.25, -0.2) is 4.79 Å². The highest BCUT2D eigenvalue weighted by Gasteiger charge is 2.34. The van der Waals surface area contributed by atoms with E-state index in [-0.39, 0.29) is 24.0 Å². The molecule has 2 aliphatic heterocycles. The van der Waals surface area contributed by atoms with Crippen molar-refractivity contribution in [3.05, 3.63) is 24.3 Å². The average Bonchev–Trinajstić information content (AvgIpc) is 2.66. The molecule has 0 aromatic heterocycles. The lowest BCUT2D eigenvalue weighted by Crippen LogP contribution is -2.52. The maximum atomic E-state index is 13.1. The molecular weight excluding hydrogens is 318 g/mol. The van der Waals surface area contributed by atoms with Crippen LogP contribution in [-0.4, -0.2) is 49.1 Å². The van der Waals surface area contributed by atoms with Crippen LogP contribution in [0.4, 0.5) is 10.5 Å². The first kappa shape index (κ1) is 17.6.